The van der Waals surface area contributed by atoms with Gasteiger partial charge < -0.3 is 15.2 Å². The summed E-state index contributed by atoms with van der Waals surface area (Å²) in [4.78, 5) is 0. The number of aliphatic hydroxyl groups excluding tert-OH is 1. The molecule has 3 unspecified atom stereocenters. The second-order valence-electron chi connectivity index (χ2n) is 6.89. The zero-order valence-electron chi connectivity index (χ0n) is 12.1. The van der Waals surface area contributed by atoms with Crippen LogP contribution in [0.1, 0.15) is 70.6 Å². The van der Waals surface area contributed by atoms with Gasteiger partial charge >= 0.3 is 0 Å². The standard InChI is InChI=1S/C16H29NO2/c18-15-7-3-2-6-14(15)17-12-13-8-11-16(19-13)9-4-1-5-10-16/h13-15,17-18H,1-12H2. The summed E-state index contributed by atoms with van der Waals surface area (Å²) < 4.78 is 6.37. The van der Waals surface area contributed by atoms with E-state index >= 15 is 0 Å². The first-order valence-electron chi connectivity index (χ1n) is 8.37. The molecule has 0 aromatic rings. The van der Waals surface area contributed by atoms with Crippen molar-refractivity contribution in [2.24, 2.45) is 0 Å². The third-order valence-electron chi connectivity index (χ3n) is 5.44. The van der Waals surface area contributed by atoms with Crippen LogP contribution in [0.15, 0.2) is 0 Å². The van der Waals surface area contributed by atoms with Crippen LogP contribution in [0, 0.1) is 0 Å². The molecule has 19 heavy (non-hydrogen) atoms. The number of ether oxygens (including phenoxy) is 1. The molecule has 3 nitrogen and oxygen atoms in total. The molecule has 1 saturated heterocycles. The zero-order chi connectivity index (χ0) is 13.1. The Balaban J connectivity index is 1.44. The van der Waals surface area contributed by atoms with Crippen molar-refractivity contribution < 1.29 is 9.84 Å². The van der Waals surface area contributed by atoms with Gasteiger partial charge in [0.05, 0.1) is 17.8 Å². The van der Waals surface area contributed by atoms with Gasteiger partial charge in [0.15, 0.2) is 0 Å². The molecule has 2 saturated carbocycles. The smallest absolute Gasteiger partial charge is 0.0708 e. The molecule has 3 heteroatoms. The average molecular weight is 267 g/mol. The molecule has 0 radical (unpaired) electrons. The Labute approximate surface area is 117 Å². The van der Waals surface area contributed by atoms with Gasteiger partial charge in [0.2, 0.25) is 0 Å². The minimum Gasteiger partial charge on any atom is -0.392 e. The van der Waals surface area contributed by atoms with Gasteiger partial charge in [-0.25, -0.2) is 0 Å². The fourth-order valence-corrected chi connectivity index (χ4v) is 4.24. The summed E-state index contributed by atoms with van der Waals surface area (Å²) in [6.07, 6.45) is 13.9. The highest BCUT2D eigenvalue weighted by Crippen LogP contribution is 2.41. The second kappa shape index (κ2) is 6.11. The third kappa shape index (κ3) is 3.32. The van der Waals surface area contributed by atoms with Gasteiger partial charge in [0.25, 0.3) is 0 Å². The summed E-state index contributed by atoms with van der Waals surface area (Å²) in [6.45, 7) is 0.934. The Morgan fingerprint density at radius 3 is 2.53 bits per heavy atom. The van der Waals surface area contributed by atoms with E-state index < -0.39 is 0 Å². The lowest BCUT2D eigenvalue weighted by molar-refractivity contribution is -0.0643. The fraction of sp³-hybridized carbons (Fsp3) is 1.00. The molecule has 0 bridgehead atoms. The van der Waals surface area contributed by atoms with Gasteiger partial charge in [-0.2, -0.15) is 0 Å². The van der Waals surface area contributed by atoms with E-state index in [1.807, 2.05) is 0 Å². The van der Waals surface area contributed by atoms with Gasteiger partial charge in [-0.15, -0.1) is 0 Å². The average Bonchev–Trinajstić information content (AvgIpc) is 2.82. The third-order valence-corrected chi connectivity index (χ3v) is 5.44. The van der Waals surface area contributed by atoms with Gasteiger partial charge in [-0.3, -0.25) is 0 Å². The molecule has 0 aromatic heterocycles. The Hall–Kier alpha value is -0.120. The monoisotopic (exact) mass is 267 g/mol. The summed E-state index contributed by atoms with van der Waals surface area (Å²) >= 11 is 0. The molecule has 0 aromatic carbocycles. The van der Waals surface area contributed by atoms with E-state index in [0.717, 1.165) is 19.4 Å². The van der Waals surface area contributed by atoms with Crippen LogP contribution in [0.5, 0.6) is 0 Å². The summed E-state index contributed by atoms with van der Waals surface area (Å²) in [5.41, 5.74) is 0.232. The van der Waals surface area contributed by atoms with E-state index in [0.29, 0.717) is 12.1 Å². The lowest BCUT2D eigenvalue weighted by Gasteiger charge is -2.34. The molecule has 1 aliphatic heterocycles. The van der Waals surface area contributed by atoms with Crippen molar-refractivity contribution >= 4 is 0 Å². The van der Waals surface area contributed by atoms with Crippen LogP contribution in [-0.2, 0) is 4.74 Å². The topological polar surface area (TPSA) is 41.5 Å². The van der Waals surface area contributed by atoms with Gasteiger partial charge in [0, 0.05) is 12.6 Å². The van der Waals surface area contributed by atoms with Crippen LogP contribution >= 0.6 is 0 Å². The van der Waals surface area contributed by atoms with Gasteiger partial charge in [0.1, 0.15) is 0 Å². The van der Waals surface area contributed by atoms with E-state index in [9.17, 15) is 5.11 Å². The maximum atomic E-state index is 9.98. The van der Waals surface area contributed by atoms with Crippen molar-refractivity contribution in [2.45, 2.75) is 94.5 Å². The quantitative estimate of drug-likeness (QED) is 0.826. The molecule has 1 spiro atoms. The van der Waals surface area contributed by atoms with Crippen molar-refractivity contribution in [3.63, 3.8) is 0 Å². The molecule has 3 rings (SSSR count). The number of hydrogen-bond donors (Lipinski definition) is 2. The van der Waals surface area contributed by atoms with Crippen LogP contribution in [0.4, 0.5) is 0 Å². The first-order chi connectivity index (χ1) is 9.27. The highest BCUT2D eigenvalue weighted by atomic mass is 16.5. The summed E-state index contributed by atoms with van der Waals surface area (Å²) in [5.74, 6) is 0. The maximum Gasteiger partial charge on any atom is 0.0708 e. The molecule has 2 aliphatic carbocycles. The number of aliphatic hydroxyl groups is 1. The van der Waals surface area contributed by atoms with Crippen molar-refractivity contribution in [1.29, 1.82) is 0 Å². The van der Waals surface area contributed by atoms with Crippen LogP contribution in [0.2, 0.25) is 0 Å². The van der Waals surface area contributed by atoms with E-state index in [4.69, 9.17) is 4.74 Å². The SMILES string of the molecule is OC1CCCCC1NCC1CCC2(CCCCC2)O1. The first kappa shape index (κ1) is 13.8. The fourth-order valence-electron chi connectivity index (χ4n) is 4.24. The Morgan fingerprint density at radius 1 is 0.947 bits per heavy atom. The number of nitrogens with one attached hydrogen (secondary N) is 1. The highest BCUT2D eigenvalue weighted by molar-refractivity contribution is 4.92. The maximum absolute atomic E-state index is 9.98. The van der Waals surface area contributed by atoms with E-state index in [1.54, 1.807) is 0 Å². The number of rotatable bonds is 3. The summed E-state index contributed by atoms with van der Waals surface area (Å²) in [5, 5.41) is 13.5. The molecular weight excluding hydrogens is 238 g/mol. The minimum atomic E-state index is -0.140. The van der Waals surface area contributed by atoms with Crippen molar-refractivity contribution in [3.05, 3.63) is 0 Å². The van der Waals surface area contributed by atoms with E-state index in [1.165, 1.54) is 57.8 Å². The molecule has 3 atom stereocenters. The Morgan fingerprint density at radius 2 is 1.74 bits per heavy atom. The Kier molecular flexibility index (Phi) is 4.45. The molecule has 3 fully saturated rings. The first-order valence-corrected chi connectivity index (χ1v) is 8.37. The minimum absolute atomic E-state index is 0.140. The number of hydrogen-bond acceptors (Lipinski definition) is 3. The van der Waals surface area contributed by atoms with Crippen molar-refractivity contribution in [1.82, 2.24) is 5.32 Å². The second-order valence-corrected chi connectivity index (χ2v) is 6.89. The van der Waals surface area contributed by atoms with E-state index in [-0.39, 0.29) is 11.7 Å². The van der Waals surface area contributed by atoms with Crippen molar-refractivity contribution in [3.8, 4) is 0 Å². The lowest BCUT2D eigenvalue weighted by Crippen LogP contribution is -2.45. The summed E-state index contributed by atoms with van der Waals surface area (Å²) in [7, 11) is 0. The molecule has 1 heterocycles. The van der Waals surface area contributed by atoms with Crippen LogP contribution < -0.4 is 5.32 Å². The molecule has 2 N–H and O–H groups in total. The molecule has 0 amide bonds. The van der Waals surface area contributed by atoms with Gasteiger partial charge in [-0.05, 0) is 38.5 Å². The van der Waals surface area contributed by atoms with Crippen LogP contribution in [0.25, 0.3) is 0 Å². The highest BCUT2D eigenvalue weighted by Gasteiger charge is 2.40. The van der Waals surface area contributed by atoms with Crippen LogP contribution in [-0.4, -0.2) is 35.5 Å². The lowest BCUT2D eigenvalue weighted by atomic mass is 9.83. The predicted molar refractivity (Wildman–Crippen MR) is 76.2 cm³/mol. The predicted octanol–water partition coefficient (Wildman–Crippen LogP) is 2.76. The molecule has 3 aliphatic rings. The zero-order valence-corrected chi connectivity index (χ0v) is 12.1. The van der Waals surface area contributed by atoms with Crippen molar-refractivity contribution in [2.75, 3.05) is 6.54 Å². The van der Waals surface area contributed by atoms with Crippen LogP contribution in [0.3, 0.4) is 0 Å². The Bertz CT molecular complexity index is 288. The van der Waals surface area contributed by atoms with E-state index in [2.05, 4.69) is 5.32 Å². The molecule has 110 valence electrons. The van der Waals surface area contributed by atoms with Gasteiger partial charge in [-0.1, -0.05) is 32.1 Å². The molecular formula is C16H29NO2. The largest absolute Gasteiger partial charge is 0.392 e. The normalized spacial score (nSPS) is 38.7. The summed E-state index contributed by atoms with van der Waals surface area (Å²) in [6, 6.07) is 0.306.